The summed E-state index contributed by atoms with van der Waals surface area (Å²) >= 11 is 1.20. The normalized spacial score (nSPS) is 10.5. The van der Waals surface area contributed by atoms with Gasteiger partial charge in [-0.2, -0.15) is 0 Å². The molecular formula is C23H28N2O6S. The smallest absolute Gasteiger partial charge is 0.350 e. The molecule has 0 radical (unpaired) electrons. The standard InChI is InChI=1S/C23H28N2O6S/c1-4-30-23(29)22-17(12-18(32-22)16-8-6-5-7-9-16)25-20(27)14-31-21(28)13-24-19(26)11-10-15(2)3/h5-9,12,15H,4,10-11,13-14H2,1-3H3,(H,24,26)(H,25,27). The zero-order chi connectivity index (χ0) is 23.5. The number of hydrogen-bond acceptors (Lipinski definition) is 7. The third kappa shape index (κ3) is 8.14. The lowest BCUT2D eigenvalue weighted by Gasteiger charge is -2.08. The summed E-state index contributed by atoms with van der Waals surface area (Å²) in [4.78, 5) is 49.1. The van der Waals surface area contributed by atoms with Gasteiger partial charge in [-0.25, -0.2) is 4.79 Å². The van der Waals surface area contributed by atoms with E-state index in [-0.39, 0.29) is 29.6 Å². The highest BCUT2D eigenvalue weighted by atomic mass is 32.1. The van der Waals surface area contributed by atoms with Crippen LogP contribution in [-0.4, -0.2) is 43.5 Å². The Hall–Kier alpha value is -3.20. The number of hydrogen-bond donors (Lipinski definition) is 2. The minimum atomic E-state index is -0.723. The molecule has 0 unspecified atom stereocenters. The van der Waals surface area contributed by atoms with Crippen molar-refractivity contribution in [1.82, 2.24) is 5.32 Å². The number of benzene rings is 1. The van der Waals surface area contributed by atoms with Crippen LogP contribution in [0, 0.1) is 5.92 Å². The van der Waals surface area contributed by atoms with Gasteiger partial charge in [0, 0.05) is 11.3 Å². The zero-order valence-electron chi connectivity index (χ0n) is 18.4. The first-order valence-electron chi connectivity index (χ1n) is 10.4. The highest BCUT2D eigenvalue weighted by Gasteiger charge is 2.20. The molecule has 2 N–H and O–H groups in total. The molecule has 1 aromatic carbocycles. The zero-order valence-corrected chi connectivity index (χ0v) is 19.3. The van der Waals surface area contributed by atoms with E-state index in [9.17, 15) is 19.2 Å². The van der Waals surface area contributed by atoms with E-state index in [1.807, 2.05) is 44.2 Å². The Bertz CT molecular complexity index is 939. The predicted octanol–water partition coefficient (Wildman–Crippen LogP) is 3.63. The van der Waals surface area contributed by atoms with Crippen molar-refractivity contribution in [2.24, 2.45) is 5.92 Å². The van der Waals surface area contributed by atoms with Gasteiger partial charge in [-0.15, -0.1) is 11.3 Å². The Morgan fingerprint density at radius 2 is 1.75 bits per heavy atom. The van der Waals surface area contributed by atoms with Crippen molar-refractivity contribution in [3.8, 4) is 10.4 Å². The molecule has 0 saturated heterocycles. The van der Waals surface area contributed by atoms with Crippen molar-refractivity contribution in [1.29, 1.82) is 0 Å². The molecule has 1 aromatic heterocycles. The number of ether oxygens (including phenoxy) is 2. The molecule has 0 aliphatic carbocycles. The first-order chi connectivity index (χ1) is 15.3. The minimum Gasteiger partial charge on any atom is -0.462 e. The van der Waals surface area contributed by atoms with Crippen molar-refractivity contribution >= 4 is 40.8 Å². The SMILES string of the molecule is CCOC(=O)c1sc(-c2ccccc2)cc1NC(=O)COC(=O)CNC(=O)CCC(C)C. The van der Waals surface area contributed by atoms with Gasteiger partial charge in [-0.1, -0.05) is 44.2 Å². The van der Waals surface area contributed by atoms with E-state index in [0.717, 1.165) is 16.9 Å². The van der Waals surface area contributed by atoms with E-state index >= 15 is 0 Å². The van der Waals surface area contributed by atoms with Gasteiger partial charge in [0.05, 0.1) is 12.3 Å². The number of thiophene rings is 1. The number of esters is 2. The Kier molecular flexibility index (Phi) is 9.87. The summed E-state index contributed by atoms with van der Waals surface area (Å²) in [6.07, 6.45) is 1.04. The second-order valence-corrected chi connectivity index (χ2v) is 8.41. The van der Waals surface area contributed by atoms with Gasteiger partial charge in [0.15, 0.2) is 6.61 Å². The molecule has 0 fully saturated rings. The van der Waals surface area contributed by atoms with Crippen LogP contribution < -0.4 is 10.6 Å². The summed E-state index contributed by atoms with van der Waals surface area (Å²) in [6.45, 7) is 5.05. The molecule has 0 saturated carbocycles. The van der Waals surface area contributed by atoms with Gasteiger partial charge < -0.3 is 20.1 Å². The Morgan fingerprint density at radius 3 is 2.41 bits per heavy atom. The molecule has 1 heterocycles. The van der Waals surface area contributed by atoms with E-state index in [2.05, 4.69) is 10.6 Å². The average molecular weight is 461 g/mol. The molecule has 32 heavy (non-hydrogen) atoms. The number of rotatable bonds is 11. The summed E-state index contributed by atoms with van der Waals surface area (Å²) < 4.78 is 9.99. The monoisotopic (exact) mass is 460 g/mol. The molecule has 2 rings (SSSR count). The molecule has 0 bridgehead atoms. The largest absolute Gasteiger partial charge is 0.462 e. The Balaban J connectivity index is 1.94. The van der Waals surface area contributed by atoms with Crippen molar-refractivity contribution < 1.29 is 28.7 Å². The van der Waals surface area contributed by atoms with Gasteiger partial charge >= 0.3 is 11.9 Å². The van der Waals surface area contributed by atoms with Crippen LogP contribution in [-0.2, 0) is 23.9 Å². The van der Waals surface area contributed by atoms with E-state index < -0.39 is 24.5 Å². The van der Waals surface area contributed by atoms with Crippen LogP contribution in [0.25, 0.3) is 10.4 Å². The average Bonchev–Trinajstić information content (AvgIpc) is 3.19. The number of nitrogens with one attached hydrogen (secondary N) is 2. The third-order valence-corrected chi connectivity index (χ3v) is 5.43. The Morgan fingerprint density at radius 1 is 1.03 bits per heavy atom. The van der Waals surface area contributed by atoms with E-state index in [1.165, 1.54) is 11.3 Å². The quantitative estimate of drug-likeness (QED) is 0.496. The topological polar surface area (TPSA) is 111 Å². The van der Waals surface area contributed by atoms with E-state index in [4.69, 9.17) is 9.47 Å². The molecule has 0 spiro atoms. The second kappa shape index (κ2) is 12.6. The van der Waals surface area contributed by atoms with E-state index in [0.29, 0.717) is 12.3 Å². The van der Waals surface area contributed by atoms with Gasteiger partial charge in [-0.3, -0.25) is 14.4 Å². The molecule has 172 valence electrons. The van der Waals surface area contributed by atoms with Gasteiger partial charge in [0.25, 0.3) is 5.91 Å². The maximum Gasteiger partial charge on any atom is 0.350 e. The lowest BCUT2D eigenvalue weighted by Crippen LogP contribution is -2.32. The van der Waals surface area contributed by atoms with Crippen LogP contribution >= 0.6 is 11.3 Å². The molecule has 2 amide bonds. The van der Waals surface area contributed by atoms with Crippen molar-refractivity contribution in [3.05, 3.63) is 41.3 Å². The van der Waals surface area contributed by atoms with Crippen LogP contribution in [0.3, 0.4) is 0 Å². The van der Waals surface area contributed by atoms with Crippen LogP contribution in [0.5, 0.6) is 0 Å². The number of carbonyl (C=O) groups excluding carboxylic acids is 4. The summed E-state index contributed by atoms with van der Waals surface area (Å²) in [5.41, 5.74) is 1.18. The molecule has 0 aliphatic rings. The summed E-state index contributed by atoms with van der Waals surface area (Å²) in [5.74, 6) is -1.73. The number of carbonyl (C=O) groups is 4. The Labute approximate surface area is 191 Å². The fourth-order valence-electron chi connectivity index (χ4n) is 2.64. The van der Waals surface area contributed by atoms with Crippen molar-refractivity contribution in [3.63, 3.8) is 0 Å². The lowest BCUT2D eigenvalue weighted by atomic mass is 10.1. The van der Waals surface area contributed by atoms with Gasteiger partial charge in [-0.05, 0) is 30.9 Å². The molecule has 0 aliphatic heterocycles. The molecule has 2 aromatic rings. The van der Waals surface area contributed by atoms with Gasteiger partial charge in [0.2, 0.25) is 5.91 Å². The molecule has 9 heteroatoms. The second-order valence-electron chi connectivity index (χ2n) is 7.36. The fourth-order valence-corrected chi connectivity index (χ4v) is 3.65. The third-order valence-electron chi connectivity index (χ3n) is 4.27. The predicted molar refractivity (Wildman–Crippen MR) is 122 cm³/mol. The first kappa shape index (κ1) is 25.1. The van der Waals surface area contributed by atoms with E-state index in [1.54, 1.807) is 13.0 Å². The summed E-state index contributed by atoms with van der Waals surface area (Å²) in [5, 5.41) is 5.07. The van der Waals surface area contributed by atoms with Crippen molar-refractivity contribution in [2.45, 2.75) is 33.6 Å². The number of anilines is 1. The maximum atomic E-state index is 12.3. The lowest BCUT2D eigenvalue weighted by molar-refractivity contribution is -0.147. The molecular weight excluding hydrogens is 432 g/mol. The highest BCUT2D eigenvalue weighted by Crippen LogP contribution is 2.35. The minimum absolute atomic E-state index is 0.200. The first-order valence-corrected chi connectivity index (χ1v) is 11.2. The maximum absolute atomic E-state index is 12.3. The van der Waals surface area contributed by atoms with Crippen LogP contribution in [0.2, 0.25) is 0 Å². The van der Waals surface area contributed by atoms with Crippen LogP contribution in [0.4, 0.5) is 5.69 Å². The fraction of sp³-hybridized carbons (Fsp3) is 0.391. The molecule has 8 nitrogen and oxygen atoms in total. The summed E-state index contributed by atoms with van der Waals surface area (Å²) in [7, 11) is 0. The summed E-state index contributed by atoms with van der Waals surface area (Å²) in [6, 6.07) is 11.1. The number of amides is 2. The van der Waals surface area contributed by atoms with Gasteiger partial charge in [0.1, 0.15) is 11.4 Å². The highest BCUT2D eigenvalue weighted by molar-refractivity contribution is 7.18. The molecule has 0 atom stereocenters. The van der Waals surface area contributed by atoms with Crippen LogP contribution in [0.1, 0.15) is 43.3 Å². The van der Waals surface area contributed by atoms with Crippen molar-refractivity contribution in [2.75, 3.05) is 25.1 Å². The van der Waals surface area contributed by atoms with Crippen LogP contribution in [0.15, 0.2) is 36.4 Å².